The van der Waals surface area contributed by atoms with E-state index in [9.17, 15) is 14.0 Å². The van der Waals surface area contributed by atoms with Crippen molar-refractivity contribution in [1.29, 1.82) is 0 Å². The first-order valence-corrected chi connectivity index (χ1v) is 10.7. The van der Waals surface area contributed by atoms with E-state index >= 15 is 0 Å². The summed E-state index contributed by atoms with van der Waals surface area (Å²) in [7, 11) is 1.78. The normalized spacial score (nSPS) is 11.8. The third kappa shape index (κ3) is 5.49. The number of hydrogen-bond acceptors (Lipinski definition) is 5. The molecule has 1 aromatic heterocycles. The number of anilines is 1. The quantitative estimate of drug-likeness (QED) is 0.545. The number of benzene rings is 2. The van der Waals surface area contributed by atoms with Crippen LogP contribution in [0.25, 0.3) is 0 Å². The molecule has 0 radical (unpaired) electrons. The van der Waals surface area contributed by atoms with Crippen molar-refractivity contribution in [3.8, 4) is 0 Å². The molecule has 31 heavy (non-hydrogen) atoms. The molecule has 0 fully saturated rings. The van der Waals surface area contributed by atoms with Gasteiger partial charge in [-0.15, -0.1) is 10.2 Å². The summed E-state index contributed by atoms with van der Waals surface area (Å²) in [5, 5.41) is 14.4. The molecule has 0 unspecified atom stereocenters. The Hall–Kier alpha value is -3.20. The van der Waals surface area contributed by atoms with Gasteiger partial charge in [-0.25, -0.2) is 4.39 Å². The van der Waals surface area contributed by atoms with E-state index in [1.165, 1.54) is 17.8 Å². The van der Waals surface area contributed by atoms with Crippen molar-refractivity contribution in [2.75, 3.05) is 11.1 Å². The van der Waals surface area contributed by atoms with Crippen LogP contribution in [0.5, 0.6) is 0 Å². The van der Waals surface area contributed by atoms with Gasteiger partial charge in [-0.1, -0.05) is 35.5 Å². The first-order chi connectivity index (χ1) is 14.8. The van der Waals surface area contributed by atoms with Gasteiger partial charge in [-0.05, 0) is 45.0 Å². The Kier molecular flexibility index (Phi) is 7.06. The first kappa shape index (κ1) is 22.5. The summed E-state index contributed by atoms with van der Waals surface area (Å²) in [5.41, 5.74) is 2.48. The van der Waals surface area contributed by atoms with Gasteiger partial charge in [0.1, 0.15) is 5.82 Å². The molecule has 7 nitrogen and oxygen atoms in total. The maximum Gasteiger partial charge on any atom is 0.251 e. The van der Waals surface area contributed by atoms with Crippen LogP contribution >= 0.6 is 11.8 Å². The number of halogens is 1. The van der Waals surface area contributed by atoms with Crippen LogP contribution in [0.2, 0.25) is 0 Å². The molecule has 3 aromatic rings. The van der Waals surface area contributed by atoms with E-state index in [1.807, 2.05) is 26.0 Å². The highest BCUT2D eigenvalue weighted by atomic mass is 32.2. The number of hydrogen-bond donors (Lipinski definition) is 2. The van der Waals surface area contributed by atoms with Crippen molar-refractivity contribution in [2.45, 2.75) is 32.0 Å². The molecule has 0 aliphatic heterocycles. The van der Waals surface area contributed by atoms with Crippen molar-refractivity contribution >= 4 is 29.3 Å². The maximum absolute atomic E-state index is 13.6. The summed E-state index contributed by atoms with van der Waals surface area (Å²) in [4.78, 5) is 24.7. The highest BCUT2D eigenvalue weighted by Gasteiger charge is 2.19. The second-order valence-electron chi connectivity index (χ2n) is 7.21. The smallest absolute Gasteiger partial charge is 0.251 e. The summed E-state index contributed by atoms with van der Waals surface area (Å²) in [6.07, 6.45) is 0. The van der Waals surface area contributed by atoms with E-state index in [-0.39, 0.29) is 29.4 Å². The molecule has 9 heteroatoms. The fourth-order valence-corrected chi connectivity index (χ4v) is 3.66. The molecule has 1 heterocycles. The highest BCUT2D eigenvalue weighted by Crippen LogP contribution is 2.21. The Balaban J connectivity index is 1.59. The van der Waals surface area contributed by atoms with Crippen molar-refractivity contribution in [3.05, 3.63) is 70.8 Å². The van der Waals surface area contributed by atoms with E-state index in [1.54, 1.807) is 42.8 Å². The zero-order valence-electron chi connectivity index (χ0n) is 17.8. The summed E-state index contributed by atoms with van der Waals surface area (Å²) in [6.45, 7) is 5.39. The van der Waals surface area contributed by atoms with Crippen LogP contribution in [0.15, 0.2) is 47.6 Å². The Morgan fingerprint density at radius 3 is 2.55 bits per heavy atom. The molecular formula is C22H24FN5O2S. The third-order valence-corrected chi connectivity index (χ3v) is 5.81. The summed E-state index contributed by atoms with van der Waals surface area (Å²) < 4.78 is 15.4. The summed E-state index contributed by atoms with van der Waals surface area (Å²) in [6, 6.07) is 11.5. The fraction of sp³-hybridized carbons (Fsp3) is 0.273. The first-order valence-electron chi connectivity index (χ1n) is 9.71. The van der Waals surface area contributed by atoms with Crippen LogP contribution < -0.4 is 10.6 Å². The van der Waals surface area contributed by atoms with Crippen molar-refractivity contribution in [2.24, 2.45) is 7.05 Å². The molecule has 0 aliphatic rings. The number of thioether (sulfide) groups is 1. The predicted octanol–water partition coefficient (Wildman–Crippen LogP) is 3.79. The van der Waals surface area contributed by atoms with Gasteiger partial charge in [0.25, 0.3) is 5.91 Å². The summed E-state index contributed by atoms with van der Waals surface area (Å²) >= 11 is 1.21. The number of nitrogens with one attached hydrogen (secondary N) is 2. The van der Waals surface area contributed by atoms with Gasteiger partial charge in [-0.2, -0.15) is 0 Å². The molecule has 0 aliphatic carbocycles. The van der Waals surface area contributed by atoms with Crippen molar-refractivity contribution < 1.29 is 14.0 Å². The number of rotatable bonds is 7. The molecule has 2 aromatic carbocycles. The molecule has 2 N–H and O–H groups in total. The zero-order valence-corrected chi connectivity index (χ0v) is 18.6. The molecule has 162 valence electrons. The Labute approximate surface area is 184 Å². The number of amides is 2. The van der Waals surface area contributed by atoms with E-state index in [2.05, 4.69) is 20.8 Å². The van der Waals surface area contributed by atoms with E-state index in [0.717, 1.165) is 5.56 Å². The number of carbonyl (C=O) groups is 2. The molecule has 0 spiro atoms. The van der Waals surface area contributed by atoms with Gasteiger partial charge in [0.05, 0.1) is 11.8 Å². The standard InChI is InChI=1S/C22H24FN5O2S/c1-13-8-10-16(11-9-13)21(30)24-15(3)20-26-27-22(28(20)4)31-12-19(29)25-18-7-5-6-17(23)14(18)2/h5-11,15H,12H2,1-4H3,(H,24,30)(H,25,29)/t15-/m1/s1. The topological polar surface area (TPSA) is 88.9 Å². The van der Waals surface area contributed by atoms with Crippen LogP contribution in [-0.2, 0) is 11.8 Å². The lowest BCUT2D eigenvalue weighted by atomic mass is 10.1. The Morgan fingerprint density at radius 1 is 1.13 bits per heavy atom. The van der Waals surface area contributed by atoms with Crippen LogP contribution in [-0.4, -0.2) is 32.3 Å². The monoisotopic (exact) mass is 441 g/mol. The van der Waals surface area contributed by atoms with E-state index in [0.29, 0.717) is 27.8 Å². The summed E-state index contributed by atoms with van der Waals surface area (Å²) in [5.74, 6) is -0.181. The molecule has 1 atom stereocenters. The average Bonchev–Trinajstić information content (AvgIpc) is 3.11. The minimum absolute atomic E-state index is 0.0893. The van der Waals surface area contributed by atoms with Gasteiger partial charge in [0.15, 0.2) is 11.0 Å². The molecule has 3 rings (SSSR count). The van der Waals surface area contributed by atoms with Crippen LogP contribution in [0.1, 0.15) is 40.3 Å². The molecular weight excluding hydrogens is 417 g/mol. The highest BCUT2D eigenvalue weighted by molar-refractivity contribution is 7.99. The van der Waals surface area contributed by atoms with Crippen molar-refractivity contribution in [1.82, 2.24) is 20.1 Å². The second kappa shape index (κ2) is 9.74. The molecule has 0 saturated heterocycles. The SMILES string of the molecule is Cc1ccc(C(=O)N[C@H](C)c2nnc(SCC(=O)Nc3cccc(F)c3C)n2C)cc1. The van der Waals surface area contributed by atoms with Crippen molar-refractivity contribution in [3.63, 3.8) is 0 Å². The predicted molar refractivity (Wildman–Crippen MR) is 119 cm³/mol. The van der Waals surface area contributed by atoms with E-state index in [4.69, 9.17) is 0 Å². The zero-order chi connectivity index (χ0) is 22.5. The molecule has 2 amide bonds. The lowest BCUT2D eigenvalue weighted by molar-refractivity contribution is -0.113. The average molecular weight is 442 g/mol. The third-order valence-electron chi connectivity index (χ3n) is 4.79. The second-order valence-corrected chi connectivity index (χ2v) is 8.15. The minimum Gasteiger partial charge on any atom is -0.342 e. The van der Waals surface area contributed by atoms with Gasteiger partial charge in [-0.3, -0.25) is 9.59 Å². The number of nitrogens with zero attached hydrogens (tertiary/aromatic N) is 3. The maximum atomic E-state index is 13.6. The van der Waals surface area contributed by atoms with Gasteiger partial charge in [0.2, 0.25) is 5.91 Å². The Morgan fingerprint density at radius 2 is 1.84 bits per heavy atom. The molecule has 0 saturated carbocycles. The van der Waals surface area contributed by atoms with Crippen LogP contribution in [0.4, 0.5) is 10.1 Å². The number of aromatic nitrogens is 3. The Bertz CT molecular complexity index is 1100. The molecule has 0 bridgehead atoms. The van der Waals surface area contributed by atoms with Gasteiger partial charge < -0.3 is 15.2 Å². The largest absolute Gasteiger partial charge is 0.342 e. The van der Waals surface area contributed by atoms with Crippen LogP contribution in [0.3, 0.4) is 0 Å². The van der Waals surface area contributed by atoms with Gasteiger partial charge >= 0.3 is 0 Å². The van der Waals surface area contributed by atoms with Gasteiger partial charge in [0, 0.05) is 23.9 Å². The lowest BCUT2D eigenvalue weighted by Crippen LogP contribution is -2.28. The van der Waals surface area contributed by atoms with Crippen LogP contribution in [0, 0.1) is 19.7 Å². The lowest BCUT2D eigenvalue weighted by Gasteiger charge is -2.14. The fourth-order valence-electron chi connectivity index (χ4n) is 2.94. The number of carbonyl (C=O) groups excluding carboxylic acids is 2. The van der Waals surface area contributed by atoms with E-state index < -0.39 is 0 Å². The number of aryl methyl sites for hydroxylation is 1. The minimum atomic E-state index is -0.371.